The summed E-state index contributed by atoms with van der Waals surface area (Å²) in [6.45, 7) is 3.19. The van der Waals surface area contributed by atoms with Crippen LogP contribution in [0.2, 0.25) is 0 Å². The first-order valence-corrected chi connectivity index (χ1v) is 15.4. The fourth-order valence-corrected chi connectivity index (χ4v) is 7.11. The van der Waals surface area contributed by atoms with Gasteiger partial charge in [-0.25, -0.2) is 18.1 Å². The van der Waals surface area contributed by atoms with Crippen molar-refractivity contribution in [2.45, 2.75) is 54.8 Å². The van der Waals surface area contributed by atoms with Gasteiger partial charge in [0, 0.05) is 37.9 Å². The number of nitrogens with one attached hydrogen (secondary N) is 1. The number of aliphatic hydroxyl groups excluding tert-OH is 1. The van der Waals surface area contributed by atoms with E-state index in [-0.39, 0.29) is 34.8 Å². The number of imidazole rings is 1. The van der Waals surface area contributed by atoms with Crippen LogP contribution in [0.5, 0.6) is 0 Å². The molecule has 0 bridgehead atoms. The molecule has 1 saturated heterocycles. The van der Waals surface area contributed by atoms with Crippen LogP contribution in [-0.4, -0.2) is 94.4 Å². The molecule has 0 atom stereocenters. The van der Waals surface area contributed by atoms with E-state index in [1.54, 1.807) is 11.8 Å². The smallest absolute Gasteiger partial charge is 0.394 e. The van der Waals surface area contributed by atoms with E-state index in [0.717, 1.165) is 0 Å². The molecule has 6 rings (SSSR count). The largest absolute Gasteiger partial charge is 0.445 e. The van der Waals surface area contributed by atoms with E-state index in [4.69, 9.17) is 9.84 Å². The zero-order valence-corrected chi connectivity index (χ0v) is 23.6. The Kier molecular flexibility index (Phi) is 6.80. The Morgan fingerprint density at radius 3 is 2.46 bits per heavy atom. The zero-order chi connectivity index (χ0) is 29.2. The van der Waals surface area contributed by atoms with Crippen LogP contribution in [0.15, 0.2) is 23.4 Å². The number of carbonyl (C=O) groups excluding carboxylic acids is 1. The summed E-state index contributed by atoms with van der Waals surface area (Å²) < 4.78 is 76.2. The molecule has 41 heavy (non-hydrogen) atoms. The van der Waals surface area contributed by atoms with Crippen LogP contribution >= 0.6 is 11.3 Å². The first kappa shape index (κ1) is 28.3. The van der Waals surface area contributed by atoms with Crippen LogP contribution in [-0.2, 0) is 25.7 Å². The molecule has 1 aliphatic heterocycles. The van der Waals surface area contributed by atoms with Gasteiger partial charge < -0.3 is 19.6 Å². The van der Waals surface area contributed by atoms with Gasteiger partial charge in [0.2, 0.25) is 15.0 Å². The van der Waals surface area contributed by atoms with Crippen LogP contribution in [0.25, 0.3) is 16.3 Å². The quantitative estimate of drug-likeness (QED) is 0.369. The lowest BCUT2D eigenvalue weighted by Crippen LogP contribution is -2.53. The SMILES string of the molecule is CC1(NS(=O)(=O)c2cc(N3CCN(C(=O)C4(OCCO)CC4)CC3)c3cnc(-c4nnc(C(F)(F)F)s4)n3c2)CC1. The number of nitrogens with zero attached hydrogens (tertiary/aromatic N) is 6. The minimum absolute atomic E-state index is 0.0365. The van der Waals surface area contributed by atoms with E-state index in [1.165, 1.54) is 22.9 Å². The van der Waals surface area contributed by atoms with Gasteiger partial charge in [-0.3, -0.25) is 9.20 Å². The van der Waals surface area contributed by atoms with Crippen molar-refractivity contribution in [2.24, 2.45) is 0 Å². The number of ether oxygens (including phenoxy) is 1. The molecule has 4 heterocycles. The third kappa shape index (κ3) is 5.40. The molecule has 17 heteroatoms. The van der Waals surface area contributed by atoms with Crippen LogP contribution in [0.4, 0.5) is 18.9 Å². The Labute approximate surface area is 237 Å². The molecule has 1 amide bonds. The molecule has 2 N–H and O–H groups in total. The second kappa shape index (κ2) is 9.86. The molecular weight excluding hydrogens is 587 g/mol. The number of aromatic nitrogens is 4. The van der Waals surface area contributed by atoms with Crippen molar-refractivity contribution in [2.75, 3.05) is 44.3 Å². The second-order valence-corrected chi connectivity index (χ2v) is 13.5. The number of rotatable bonds is 9. The Morgan fingerprint density at radius 1 is 1.17 bits per heavy atom. The van der Waals surface area contributed by atoms with Crippen LogP contribution in [0.1, 0.15) is 37.6 Å². The normalized spacial score (nSPS) is 20.0. The molecule has 3 aliphatic rings. The predicted octanol–water partition coefficient (Wildman–Crippen LogP) is 1.89. The Bertz CT molecular complexity index is 1590. The van der Waals surface area contributed by atoms with E-state index in [2.05, 4.69) is 19.9 Å². The van der Waals surface area contributed by atoms with Crippen molar-refractivity contribution in [3.05, 3.63) is 23.5 Å². The number of hydrogen-bond acceptors (Lipinski definition) is 10. The highest BCUT2D eigenvalue weighted by molar-refractivity contribution is 7.89. The van der Waals surface area contributed by atoms with Gasteiger partial charge in [-0.15, -0.1) is 10.2 Å². The topological polar surface area (TPSA) is 142 Å². The number of alkyl halides is 3. The summed E-state index contributed by atoms with van der Waals surface area (Å²) in [5.74, 6) is -0.0909. The van der Waals surface area contributed by atoms with Gasteiger partial charge in [-0.05, 0) is 38.7 Å². The highest BCUT2D eigenvalue weighted by Crippen LogP contribution is 2.42. The molecule has 3 aromatic rings. The molecule has 2 saturated carbocycles. The van der Waals surface area contributed by atoms with Crippen molar-refractivity contribution in [1.82, 2.24) is 29.2 Å². The number of hydrogen-bond donors (Lipinski definition) is 2. The number of amides is 1. The fraction of sp³-hybridized carbons (Fsp3) is 0.583. The second-order valence-electron chi connectivity index (χ2n) is 10.8. The highest BCUT2D eigenvalue weighted by Gasteiger charge is 2.53. The molecule has 0 aromatic carbocycles. The number of piperazine rings is 1. The minimum Gasteiger partial charge on any atom is -0.394 e. The summed E-state index contributed by atoms with van der Waals surface area (Å²) in [5.41, 5.74) is -0.438. The van der Waals surface area contributed by atoms with Crippen molar-refractivity contribution < 1.29 is 36.2 Å². The Morgan fingerprint density at radius 2 is 1.88 bits per heavy atom. The fourth-order valence-electron chi connectivity index (χ4n) is 4.93. The molecule has 3 fully saturated rings. The predicted molar refractivity (Wildman–Crippen MR) is 141 cm³/mol. The average Bonchev–Trinajstić information content (AvgIpc) is 3.74. The van der Waals surface area contributed by atoms with Crippen molar-refractivity contribution in [1.29, 1.82) is 0 Å². The maximum absolute atomic E-state index is 13.4. The number of halogens is 3. The number of aliphatic hydroxyl groups is 1. The third-order valence-electron chi connectivity index (χ3n) is 7.62. The van der Waals surface area contributed by atoms with Gasteiger partial charge >= 0.3 is 6.18 Å². The average molecular weight is 616 g/mol. The lowest BCUT2D eigenvalue weighted by atomic mass is 10.2. The molecule has 2 aliphatic carbocycles. The molecule has 12 nitrogen and oxygen atoms in total. The molecule has 0 radical (unpaired) electrons. The number of pyridine rings is 1. The van der Waals surface area contributed by atoms with Gasteiger partial charge in [0.1, 0.15) is 10.5 Å². The summed E-state index contributed by atoms with van der Waals surface area (Å²) in [4.78, 5) is 21.0. The van der Waals surface area contributed by atoms with Gasteiger partial charge in [0.15, 0.2) is 10.8 Å². The third-order valence-corrected chi connectivity index (χ3v) is 10.2. The molecule has 0 unspecified atom stereocenters. The van der Waals surface area contributed by atoms with Gasteiger partial charge in [0.05, 0.1) is 30.6 Å². The zero-order valence-electron chi connectivity index (χ0n) is 22.0. The Balaban J connectivity index is 1.33. The summed E-state index contributed by atoms with van der Waals surface area (Å²) in [5, 5.41) is 14.8. The number of anilines is 1. The van der Waals surface area contributed by atoms with E-state index in [0.29, 0.717) is 74.4 Å². The first-order chi connectivity index (χ1) is 19.3. The molecular formula is C24H28F3N7O5S2. The van der Waals surface area contributed by atoms with E-state index >= 15 is 0 Å². The first-order valence-electron chi connectivity index (χ1n) is 13.1. The van der Waals surface area contributed by atoms with Crippen molar-refractivity contribution in [3.63, 3.8) is 0 Å². The summed E-state index contributed by atoms with van der Waals surface area (Å²) in [7, 11) is -3.99. The number of sulfonamides is 1. The monoisotopic (exact) mass is 615 g/mol. The summed E-state index contributed by atoms with van der Waals surface area (Å²) in [6.07, 6.45) is 0.706. The van der Waals surface area contributed by atoms with Gasteiger partial charge in [-0.1, -0.05) is 11.3 Å². The molecule has 0 spiro atoms. The van der Waals surface area contributed by atoms with Gasteiger partial charge in [0.25, 0.3) is 5.91 Å². The van der Waals surface area contributed by atoms with E-state index in [9.17, 15) is 26.4 Å². The standard InChI is InChI=1S/C24H28F3N7O5S2/c1-22(2-3-22)31-41(37,38)15-12-16(32-6-8-33(9-7-32)21(36)23(4-5-23)39-11-10-35)17-13-28-18(34(17)14-15)19-29-30-20(40-19)24(25,26)27/h12-14,31,35H,2-11H2,1H3. The molecule has 3 aromatic heterocycles. The van der Waals surface area contributed by atoms with Crippen LogP contribution in [0, 0.1) is 0 Å². The number of fused-ring (bicyclic) bond motifs is 1. The Hall–Kier alpha value is -2.86. The lowest BCUT2D eigenvalue weighted by molar-refractivity contribution is -0.148. The van der Waals surface area contributed by atoms with Crippen molar-refractivity contribution in [3.8, 4) is 10.8 Å². The molecule has 222 valence electrons. The van der Waals surface area contributed by atoms with E-state index in [1.807, 2.05) is 4.90 Å². The van der Waals surface area contributed by atoms with Crippen LogP contribution < -0.4 is 9.62 Å². The van der Waals surface area contributed by atoms with Crippen molar-refractivity contribution >= 4 is 38.5 Å². The maximum atomic E-state index is 13.4. The summed E-state index contributed by atoms with van der Waals surface area (Å²) >= 11 is 0.323. The van der Waals surface area contributed by atoms with Crippen LogP contribution in [0.3, 0.4) is 0 Å². The number of carbonyl (C=O) groups is 1. The summed E-state index contributed by atoms with van der Waals surface area (Å²) in [6, 6.07) is 1.53. The maximum Gasteiger partial charge on any atom is 0.445 e. The van der Waals surface area contributed by atoms with Gasteiger partial charge in [-0.2, -0.15) is 13.2 Å². The highest BCUT2D eigenvalue weighted by atomic mass is 32.2. The minimum atomic E-state index is -4.68. The lowest BCUT2D eigenvalue weighted by Gasteiger charge is -2.38. The van der Waals surface area contributed by atoms with E-state index < -0.39 is 32.3 Å².